The number of benzene rings is 2. The number of carbonyl (C=O) groups excluding carboxylic acids is 1. The molecular weight excluding hydrogens is 464 g/mol. The van der Waals surface area contributed by atoms with Crippen molar-refractivity contribution in [1.82, 2.24) is 24.3 Å². The van der Waals surface area contributed by atoms with Crippen LogP contribution in [0.4, 0.5) is 11.4 Å². The molecule has 0 spiro atoms. The van der Waals surface area contributed by atoms with E-state index in [-0.39, 0.29) is 5.91 Å². The largest absolute Gasteiger partial charge is 0.494 e. The lowest BCUT2D eigenvalue weighted by atomic mass is 10.0. The fourth-order valence-corrected chi connectivity index (χ4v) is 4.30. The van der Waals surface area contributed by atoms with Gasteiger partial charge < -0.3 is 24.3 Å². The number of amides is 1. The zero-order chi connectivity index (χ0) is 25.9. The lowest BCUT2D eigenvalue weighted by Gasteiger charge is -2.13. The van der Waals surface area contributed by atoms with Gasteiger partial charge in [-0.2, -0.15) is 0 Å². The Morgan fingerprint density at radius 3 is 2.70 bits per heavy atom. The standard InChI is InChI=1S/C29H30N6O2/c1-5-28(36)30-15-21-9-8-19(2)23(13-21)25-17-34-12-6-7-24(29(34)33-25)32-22-10-11-26(27(14-22)37-4)35-16-20(3)31-18-35/h6-14,16-18,32H,5,15H2,1-4H3,(H,30,36). The number of carbonyl (C=O) groups is 1. The van der Waals surface area contributed by atoms with Crippen LogP contribution in [0, 0.1) is 13.8 Å². The van der Waals surface area contributed by atoms with E-state index in [4.69, 9.17) is 9.72 Å². The molecule has 0 radical (unpaired) electrons. The van der Waals surface area contributed by atoms with Gasteiger partial charge in [-0.25, -0.2) is 9.97 Å². The van der Waals surface area contributed by atoms with Crippen molar-refractivity contribution in [2.24, 2.45) is 0 Å². The summed E-state index contributed by atoms with van der Waals surface area (Å²) >= 11 is 0. The summed E-state index contributed by atoms with van der Waals surface area (Å²) in [6.45, 7) is 6.38. The van der Waals surface area contributed by atoms with Crippen molar-refractivity contribution < 1.29 is 9.53 Å². The first kappa shape index (κ1) is 24.1. The van der Waals surface area contributed by atoms with Crippen molar-refractivity contribution >= 4 is 22.9 Å². The smallest absolute Gasteiger partial charge is 0.219 e. The first-order chi connectivity index (χ1) is 17.9. The highest BCUT2D eigenvalue weighted by atomic mass is 16.5. The number of rotatable bonds is 8. The summed E-state index contributed by atoms with van der Waals surface area (Å²) in [5.74, 6) is 0.774. The van der Waals surface area contributed by atoms with Gasteiger partial charge in [-0.3, -0.25) is 4.79 Å². The Balaban J connectivity index is 1.45. The summed E-state index contributed by atoms with van der Waals surface area (Å²) in [7, 11) is 1.66. The minimum atomic E-state index is 0.0374. The molecule has 0 unspecified atom stereocenters. The number of nitrogens with zero attached hydrogens (tertiary/aromatic N) is 4. The molecule has 37 heavy (non-hydrogen) atoms. The Morgan fingerprint density at radius 2 is 1.95 bits per heavy atom. The maximum atomic E-state index is 11.7. The fourth-order valence-electron chi connectivity index (χ4n) is 4.30. The highest BCUT2D eigenvalue weighted by Gasteiger charge is 2.13. The molecule has 2 aromatic carbocycles. The van der Waals surface area contributed by atoms with Crippen molar-refractivity contribution in [3.8, 4) is 22.7 Å². The van der Waals surface area contributed by atoms with Crippen LogP contribution in [0.3, 0.4) is 0 Å². The Morgan fingerprint density at radius 1 is 1.08 bits per heavy atom. The molecule has 0 fully saturated rings. The van der Waals surface area contributed by atoms with Gasteiger partial charge in [0.2, 0.25) is 5.91 Å². The Kier molecular flexibility index (Phi) is 6.64. The lowest BCUT2D eigenvalue weighted by Crippen LogP contribution is -2.21. The van der Waals surface area contributed by atoms with Crippen LogP contribution in [-0.4, -0.2) is 32.0 Å². The van der Waals surface area contributed by atoms with Crippen molar-refractivity contribution in [1.29, 1.82) is 0 Å². The number of aryl methyl sites for hydroxylation is 2. The molecule has 0 aliphatic rings. The van der Waals surface area contributed by atoms with Gasteiger partial charge in [0.1, 0.15) is 5.75 Å². The highest BCUT2D eigenvalue weighted by molar-refractivity contribution is 5.78. The van der Waals surface area contributed by atoms with Gasteiger partial charge in [0.05, 0.1) is 36.2 Å². The number of methoxy groups -OCH3 is 1. The maximum Gasteiger partial charge on any atom is 0.219 e. The zero-order valence-electron chi connectivity index (χ0n) is 21.4. The number of pyridine rings is 1. The van der Waals surface area contributed by atoms with Crippen LogP contribution in [0.2, 0.25) is 0 Å². The van der Waals surface area contributed by atoms with E-state index in [2.05, 4.69) is 34.7 Å². The number of imidazole rings is 2. The Bertz CT molecular complexity index is 1580. The number of hydrogen-bond donors (Lipinski definition) is 2. The molecule has 5 aromatic rings. The molecule has 8 nitrogen and oxygen atoms in total. The van der Waals surface area contributed by atoms with Gasteiger partial charge >= 0.3 is 0 Å². The molecule has 0 aliphatic carbocycles. The van der Waals surface area contributed by atoms with E-state index >= 15 is 0 Å². The second-order valence-electron chi connectivity index (χ2n) is 8.99. The van der Waals surface area contributed by atoms with Crippen LogP contribution in [0.25, 0.3) is 22.6 Å². The first-order valence-electron chi connectivity index (χ1n) is 12.3. The molecule has 188 valence electrons. The molecule has 0 saturated carbocycles. The van der Waals surface area contributed by atoms with Crippen molar-refractivity contribution in [2.75, 3.05) is 12.4 Å². The summed E-state index contributed by atoms with van der Waals surface area (Å²) < 4.78 is 9.63. The summed E-state index contributed by atoms with van der Waals surface area (Å²) in [5, 5.41) is 6.44. The minimum Gasteiger partial charge on any atom is -0.494 e. The average molecular weight is 495 g/mol. The van der Waals surface area contributed by atoms with Crippen LogP contribution in [0.15, 0.2) is 73.4 Å². The molecular formula is C29H30N6O2. The Hall–Kier alpha value is -4.59. The quantitative estimate of drug-likeness (QED) is 0.294. The first-order valence-corrected chi connectivity index (χ1v) is 12.3. The maximum absolute atomic E-state index is 11.7. The number of nitrogens with one attached hydrogen (secondary N) is 2. The predicted octanol–water partition coefficient (Wildman–Crippen LogP) is 5.58. The molecule has 0 saturated heterocycles. The van der Waals surface area contributed by atoms with Gasteiger partial charge in [0.25, 0.3) is 0 Å². The van der Waals surface area contributed by atoms with Gasteiger partial charge in [-0.15, -0.1) is 0 Å². The van der Waals surface area contributed by atoms with Crippen LogP contribution < -0.4 is 15.4 Å². The summed E-state index contributed by atoms with van der Waals surface area (Å²) in [6, 6.07) is 16.2. The second kappa shape index (κ2) is 10.2. The molecule has 3 aromatic heterocycles. The van der Waals surface area contributed by atoms with Crippen molar-refractivity contribution in [3.05, 3.63) is 90.3 Å². The SMILES string of the molecule is CCC(=O)NCc1ccc(C)c(-c2cn3cccc(Nc4ccc(-n5cnc(C)c5)c(OC)c4)c3n2)c1. The van der Waals surface area contributed by atoms with E-state index in [1.54, 1.807) is 13.4 Å². The second-order valence-corrected chi connectivity index (χ2v) is 8.99. The molecule has 0 atom stereocenters. The molecule has 3 heterocycles. The number of fused-ring (bicyclic) bond motifs is 1. The predicted molar refractivity (Wildman–Crippen MR) is 146 cm³/mol. The minimum absolute atomic E-state index is 0.0374. The van der Waals surface area contributed by atoms with E-state index in [1.165, 1.54) is 0 Å². The van der Waals surface area contributed by atoms with Crippen LogP contribution in [0.1, 0.15) is 30.2 Å². The van der Waals surface area contributed by atoms with Crippen molar-refractivity contribution in [2.45, 2.75) is 33.7 Å². The van der Waals surface area contributed by atoms with Gasteiger partial charge in [0, 0.05) is 48.9 Å². The summed E-state index contributed by atoms with van der Waals surface area (Å²) in [4.78, 5) is 21.0. The van der Waals surface area contributed by atoms with E-state index in [9.17, 15) is 4.79 Å². The molecule has 1 amide bonds. The van der Waals surface area contributed by atoms with Crippen LogP contribution >= 0.6 is 0 Å². The van der Waals surface area contributed by atoms with E-state index < -0.39 is 0 Å². The molecule has 5 rings (SSSR count). The molecule has 8 heteroatoms. The molecule has 2 N–H and O–H groups in total. The third-order valence-electron chi connectivity index (χ3n) is 6.32. The summed E-state index contributed by atoms with van der Waals surface area (Å²) in [6.07, 6.45) is 8.23. The third-order valence-corrected chi connectivity index (χ3v) is 6.32. The lowest BCUT2D eigenvalue weighted by molar-refractivity contribution is -0.120. The topological polar surface area (TPSA) is 85.5 Å². The average Bonchev–Trinajstić information content (AvgIpc) is 3.54. The molecule has 0 aliphatic heterocycles. The fraction of sp³-hybridized carbons (Fsp3) is 0.207. The van der Waals surface area contributed by atoms with Gasteiger partial charge in [-0.05, 0) is 55.3 Å². The number of hydrogen-bond acceptors (Lipinski definition) is 5. The highest BCUT2D eigenvalue weighted by Crippen LogP contribution is 2.31. The van der Waals surface area contributed by atoms with Crippen molar-refractivity contribution in [3.63, 3.8) is 0 Å². The number of aromatic nitrogens is 4. The monoisotopic (exact) mass is 494 g/mol. The summed E-state index contributed by atoms with van der Waals surface area (Å²) in [5.41, 5.74) is 8.52. The third kappa shape index (κ3) is 5.04. The van der Waals surface area contributed by atoms with Crippen LogP contribution in [0.5, 0.6) is 5.75 Å². The normalized spacial score (nSPS) is 11.0. The molecule has 0 bridgehead atoms. The van der Waals surface area contributed by atoms with E-state index in [0.717, 1.165) is 56.5 Å². The zero-order valence-corrected chi connectivity index (χ0v) is 21.4. The number of anilines is 2. The van der Waals surface area contributed by atoms with Gasteiger partial charge in [-0.1, -0.05) is 19.1 Å². The number of ether oxygens (including phenoxy) is 1. The van der Waals surface area contributed by atoms with E-state index in [1.807, 2.05) is 77.8 Å². The van der Waals surface area contributed by atoms with Gasteiger partial charge in [0.15, 0.2) is 5.65 Å². The van der Waals surface area contributed by atoms with E-state index in [0.29, 0.717) is 13.0 Å². The Labute approximate surface area is 216 Å². The van der Waals surface area contributed by atoms with Crippen LogP contribution in [-0.2, 0) is 11.3 Å².